The van der Waals surface area contributed by atoms with Crippen molar-refractivity contribution < 1.29 is 4.74 Å². The molecule has 0 bridgehead atoms. The van der Waals surface area contributed by atoms with E-state index in [4.69, 9.17) is 4.74 Å². The minimum absolute atomic E-state index is 0.887. The van der Waals surface area contributed by atoms with Crippen LogP contribution in [0.5, 0.6) is 0 Å². The van der Waals surface area contributed by atoms with Crippen LogP contribution in [0.3, 0.4) is 0 Å². The number of methoxy groups -OCH3 is 1. The van der Waals surface area contributed by atoms with Gasteiger partial charge in [0, 0.05) is 13.7 Å². The highest BCUT2D eigenvalue weighted by molar-refractivity contribution is 4.90. The van der Waals surface area contributed by atoms with Crippen molar-refractivity contribution in [3.8, 4) is 0 Å². The maximum Gasteiger partial charge on any atom is 0.0490 e. The standard InChI is InChI=1S/C12H22O/c1-3-9-4-11-6-10(8-13-2)7-12(11)5-9/h9-12H,3-8H2,1-2H3. The molecular weight excluding hydrogens is 160 g/mol. The zero-order valence-corrected chi connectivity index (χ0v) is 8.96. The molecule has 13 heavy (non-hydrogen) atoms. The summed E-state index contributed by atoms with van der Waals surface area (Å²) in [5, 5.41) is 0. The Bertz CT molecular complexity index is 153. The van der Waals surface area contributed by atoms with Gasteiger partial charge in [0.15, 0.2) is 0 Å². The largest absolute Gasteiger partial charge is 0.384 e. The molecule has 0 aliphatic heterocycles. The fourth-order valence-corrected chi connectivity index (χ4v) is 3.57. The highest BCUT2D eigenvalue weighted by Gasteiger charge is 2.40. The summed E-state index contributed by atoms with van der Waals surface area (Å²) in [5.41, 5.74) is 0. The van der Waals surface area contributed by atoms with E-state index >= 15 is 0 Å². The number of rotatable bonds is 3. The Hall–Kier alpha value is -0.0400. The van der Waals surface area contributed by atoms with Crippen molar-refractivity contribution >= 4 is 0 Å². The second-order valence-electron chi connectivity index (χ2n) is 5.06. The third kappa shape index (κ3) is 1.90. The van der Waals surface area contributed by atoms with Crippen molar-refractivity contribution in [3.63, 3.8) is 0 Å². The molecule has 2 rings (SSSR count). The van der Waals surface area contributed by atoms with Crippen LogP contribution in [0.25, 0.3) is 0 Å². The summed E-state index contributed by atoms with van der Waals surface area (Å²) in [6.45, 7) is 3.35. The molecule has 2 unspecified atom stereocenters. The molecule has 0 aromatic rings. The first-order chi connectivity index (χ1) is 6.33. The lowest BCUT2D eigenvalue weighted by molar-refractivity contribution is 0.149. The Morgan fingerprint density at radius 1 is 1.00 bits per heavy atom. The van der Waals surface area contributed by atoms with Gasteiger partial charge in [-0.2, -0.15) is 0 Å². The van der Waals surface area contributed by atoms with E-state index in [1.54, 1.807) is 0 Å². The smallest absolute Gasteiger partial charge is 0.0490 e. The van der Waals surface area contributed by atoms with E-state index in [1.165, 1.54) is 32.1 Å². The van der Waals surface area contributed by atoms with Gasteiger partial charge < -0.3 is 4.74 Å². The van der Waals surface area contributed by atoms with Crippen molar-refractivity contribution in [2.45, 2.75) is 39.0 Å². The van der Waals surface area contributed by atoms with E-state index in [0.717, 1.165) is 30.3 Å². The van der Waals surface area contributed by atoms with Gasteiger partial charge in [0.2, 0.25) is 0 Å². The first kappa shape index (κ1) is 9.51. The molecule has 0 spiro atoms. The molecule has 2 aliphatic rings. The zero-order valence-electron chi connectivity index (χ0n) is 8.96. The van der Waals surface area contributed by atoms with Gasteiger partial charge in [0.25, 0.3) is 0 Å². The van der Waals surface area contributed by atoms with E-state index in [2.05, 4.69) is 6.92 Å². The Balaban J connectivity index is 1.82. The van der Waals surface area contributed by atoms with Gasteiger partial charge in [0.1, 0.15) is 0 Å². The maximum absolute atomic E-state index is 5.24. The normalized spacial score (nSPS) is 43.8. The molecular formula is C12H22O. The first-order valence-corrected chi connectivity index (χ1v) is 5.82. The molecule has 0 radical (unpaired) electrons. The van der Waals surface area contributed by atoms with Crippen LogP contribution in [-0.2, 0) is 4.74 Å². The first-order valence-electron chi connectivity index (χ1n) is 5.82. The van der Waals surface area contributed by atoms with Crippen LogP contribution < -0.4 is 0 Å². The van der Waals surface area contributed by atoms with Gasteiger partial charge in [0.05, 0.1) is 0 Å². The molecule has 0 N–H and O–H groups in total. The minimum Gasteiger partial charge on any atom is -0.384 e. The van der Waals surface area contributed by atoms with Crippen molar-refractivity contribution in [2.24, 2.45) is 23.7 Å². The molecule has 0 aromatic carbocycles. The summed E-state index contributed by atoms with van der Waals surface area (Å²) in [5.74, 6) is 4.06. The second kappa shape index (κ2) is 4.00. The fourth-order valence-electron chi connectivity index (χ4n) is 3.57. The Kier molecular flexibility index (Phi) is 2.92. The highest BCUT2D eigenvalue weighted by atomic mass is 16.5. The molecule has 1 nitrogen and oxygen atoms in total. The van der Waals surface area contributed by atoms with Crippen LogP contribution in [0.2, 0.25) is 0 Å². The van der Waals surface area contributed by atoms with E-state index in [9.17, 15) is 0 Å². The summed E-state index contributed by atoms with van der Waals surface area (Å²) >= 11 is 0. The molecule has 2 aliphatic carbocycles. The maximum atomic E-state index is 5.24. The quantitative estimate of drug-likeness (QED) is 0.651. The lowest BCUT2D eigenvalue weighted by atomic mass is 9.97. The number of ether oxygens (including phenoxy) is 1. The predicted molar refractivity (Wildman–Crippen MR) is 54.6 cm³/mol. The van der Waals surface area contributed by atoms with E-state index in [-0.39, 0.29) is 0 Å². The zero-order chi connectivity index (χ0) is 9.26. The molecule has 0 heterocycles. The molecule has 2 saturated carbocycles. The number of hydrogen-bond acceptors (Lipinski definition) is 1. The third-order valence-corrected chi connectivity index (χ3v) is 4.19. The predicted octanol–water partition coefficient (Wildman–Crippen LogP) is 3.10. The summed E-state index contributed by atoms with van der Waals surface area (Å²) in [7, 11) is 1.84. The Morgan fingerprint density at radius 2 is 1.54 bits per heavy atom. The SMILES string of the molecule is CCC1CC2CC(COC)CC2C1. The molecule has 0 saturated heterocycles. The van der Waals surface area contributed by atoms with Crippen LogP contribution in [-0.4, -0.2) is 13.7 Å². The lowest BCUT2D eigenvalue weighted by Crippen LogP contribution is -2.06. The summed E-state index contributed by atoms with van der Waals surface area (Å²) < 4.78 is 5.24. The highest BCUT2D eigenvalue weighted by Crippen LogP contribution is 2.49. The van der Waals surface area contributed by atoms with Gasteiger partial charge in [-0.05, 0) is 49.4 Å². The molecule has 1 heteroatoms. The van der Waals surface area contributed by atoms with Crippen LogP contribution in [0.15, 0.2) is 0 Å². The Labute approximate surface area is 81.9 Å². The number of hydrogen-bond donors (Lipinski definition) is 0. The fraction of sp³-hybridized carbons (Fsp3) is 1.00. The second-order valence-corrected chi connectivity index (χ2v) is 5.06. The van der Waals surface area contributed by atoms with Gasteiger partial charge in [-0.25, -0.2) is 0 Å². The molecule has 2 fully saturated rings. The molecule has 2 atom stereocenters. The van der Waals surface area contributed by atoms with E-state index in [0.29, 0.717) is 0 Å². The molecule has 0 aromatic heterocycles. The number of fused-ring (bicyclic) bond motifs is 1. The van der Waals surface area contributed by atoms with E-state index in [1.807, 2.05) is 7.11 Å². The van der Waals surface area contributed by atoms with Crippen molar-refractivity contribution in [2.75, 3.05) is 13.7 Å². The average molecular weight is 182 g/mol. The van der Waals surface area contributed by atoms with Gasteiger partial charge >= 0.3 is 0 Å². The monoisotopic (exact) mass is 182 g/mol. The van der Waals surface area contributed by atoms with Crippen molar-refractivity contribution in [1.82, 2.24) is 0 Å². The molecule has 76 valence electrons. The molecule has 0 amide bonds. The van der Waals surface area contributed by atoms with Crippen molar-refractivity contribution in [1.29, 1.82) is 0 Å². The van der Waals surface area contributed by atoms with Gasteiger partial charge in [-0.3, -0.25) is 0 Å². The Morgan fingerprint density at radius 3 is 2.00 bits per heavy atom. The van der Waals surface area contributed by atoms with Crippen LogP contribution in [0.4, 0.5) is 0 Å². The van der Waals surface area contributed by atoms with Crippen LogP contribution in [0, 0.1) is 23.7 Å². The minimum atomic E-state index is 0.887. The van der Waals surface area contributed by atoms with Crippen LogP contribution >= 0.6 is 0 Å². The average Bonchev–Trinajstić information content (AvgIpc) is 2.61. The van der Waals surface area contributed by atoms with Gasteiger partial charge in [-0.15, -0.1) is 0 Å². The van der Waals surface area contributed by atoms with Crippen molar-refractivity contribution in [3.05, 3.63) is 0 Å². The lowest BCUT2D eigenvalue weighted by Gasteiger charge is -2.12. The third-order valence-electron chi connectivity index (χ3n) is 4.19. The van der Waals surface area contributed by atoms with E-state index < -0.39 is 0 Å². The van der Waals surface area contributed by atoms with Gasteiger partial charge in [-0.1, -0.05) is 13.3 Å². The van der Waals surface area contributed by atoms with Crippen LogP contribution in [0.1, 0.15) is 39.0 Å². The summed E-state index contributed by atoms with van der Waals surface area (Å²) in [6, 6.07) is 0. The summed E-state index contributed by atoms with van der Waals surface area (Å²) in [6.07, 6.45) is 7.34. The topological polar surface area (TPSA) is 9.23 Å². The summed E-state index contributed by atoms with van der Waals surface area (Å²) in [4.78, 5) is 0.